The van der Waals surface area contributed by atoms with Gasteiger partial charge in [-0.2, -0.15) is 0 Å². The zero-order chi connectivity index (χ0) is 24.3. The summed E-state index contributed by atoms with van der Waals surface area (Å²) in [7, 11) is 0. The first-order valence-corrected chi connectivity index (χ1v) is 12.4. The molecule has 1 aliphatic heterocycles. The Kier molecular flexibility index (Phi) is 6.00. The van der Waals surface area contributed by atoms with Crippen LogP contribution in [0.25, 0.3) is 0 Å². The molecular weight excluding hydrogens is 444 g/mol. The number of para-hydroxylation sites is 2. The van der Waals surface area contributed by atoms with Crippen LogP contribution in [0.2, 0.25) is 0 Å². The van der Waals surface area contributed by atoms with Gasteiger partial charge in [0.25, 0.3) is 0 Å². The Morgan fingerprint density at radius 1 is 0.694 bits per heavy atom. The molecule has 0 saturated carbocycles. The highest BCUT2D eigenvalue weighted by Crippen LogP contribution is 2.44. The fraction of sp³-hybridized carbons (Fsp3) is 0.156. The molecule has 0 saturated heterocycles. The molecule has 36 heavy (non-hydrogen) atoms. The van der Waals surface area contributed by atoms with Crippen molar-refractivity contribution in [1.82, 2.24) is 0 Å². The van der Waals surface area contributed by atoms with Gasteiger partial charge in [0.1, 0.15) is 12.4 Å². The van der Waals surface area contributed by atoms with Gasteiger partial charge in [-0.1, -0.05) is 84.9 Å². The van der Waals surface area contributed by atoms with Gasteiger partial charge in [0.15, 0.2) is 5.78 Å². The van der Waals surface area contributed by atoms with Gasteiger partial charge in [0, 0.05) is 17.7 Å². The topological polar surface area (TPSA) is 50.4 Å². The minimum Gasteiger partial charge on any atom is -0.489 e. The largest absolute Gasteiger partial charge is 0.489 e. The van der Waals surface area contributed by atoms with Crippen LogP contribution < -0.4 is 15.4 Å². The molecule has 2 unspecified atom stereocenters. The maximum Gasteiger partial charge on any atom is 0.163 e. The summed E-state index contributed by atoms with van der Waals surface area (Å²) in [4.78, 5) is 13.7. The quantitative estimate of drug-likeness (QED) is 0.321. The highest BCUT2D eigenvalue weighted by molar-refractivity contribution is 6.01. The lowest BCUT2D eigenvalue weighted by atomic mass is 9.78. The Morgan fingerprint density at radius 2 is 1.36 bits per heavy atom. The molecule has 4 nitrogen and oxygen atoms in total. The Bertz CT molecular complexity index is 1400. The number of ketones is 1. The third-order valence-electron chi connectivity index (χ3n) is 7.04. The van der Waals surface area contributed by atoms with Gasteiger partial charge in [-0.25, -0.2) is 0 Å². The van der Waals surface area contributed by atoms with E-state index >= 15 is 0 Å². The van der Waals surface area contributed by atoms with Crippen LogP contribution in [0.15, 0.2) is 120 Å². The van der Waals surface area contributed by atoms with Crippen molar-refractivity contribution >= 4 is 17.2 Å². The third kappa shape index (κ3) is 4.50. The number of carbonyl (C=O) groups excluding carboxylic acids is 1. The van der Waals surface area contributed by atoms with E-state index in [2.05, 4.69) is 59.2 Å². The van der Waals surface area contributed by atoms with Gasteiger partial charge in [-0.15, -0.1) is 0 Å². The monoisotopic (exact) mass is 472 g/mol. The first kappa shape index (κ1) is 22.2. The highest BCUT2D eigenvalue weighted by atomic mass is 16.5. The summed E-state index contributed by atoms with van der Waals surface area (Å²) in [5, 5.41) is 7.27. The Hall–Kier alpha value is -4.31. The summed E-state index contributed by atoms with van der Waals surface area (Å²) in [5.74, 6) is 1.17. The second kappa shape index (κ2) is 9.74. The standard InChI is InChI=1S/C32H28N2O2/c35-30-20-25(23-11-5-2-6-12-23)19-29-31(30)32(34-28-14-8-7-13-27(28)33-29)24-15-17-26(18-16-24)36-21-22-9-3-1-4-10-22/h1-18,25,32-34H,19-21H2. The summed E-state index contributed by atoms with van der Waals surface area (Å²) >= 11 is 0. The van der Waals surface area contributed by atoms with Crippen molar-refractivity contribution in [1.29, 1.82) is 0 Å². The van der Waals surface area contributed by atoms with Crippen LogP contribution in [-0.2, 0) is 11.4 Å². The molecule has 178 valence electrons. The van der Waals surface area contributed by atoms with E-state index in [9.17, 15) is 4.79 Å². The van der Waals surface area contributed by atoms with Gasteiger partial charge in [0.05, 0.1) is 17.4 Å². The van der Waals surface area contributed by atoms with Crippen LogP contribution in [0, 0.1) is 0 Å². The number of hydrogen-bond acceptors (Lipinski definition) is 4. The number of carbonyl (C=O) groups is 1. The number of allylic oxidation sites excluding steroid dienone is 1. The Morgan fingerprint density at radius 3 is 2.11 bits per heavy atom. The van der Waals surface area contributed by atoms with Crippen LogP contribution in [-0.4, -0.2) is 5.78 Å². The first-order chi connectivity index (χ1) is 17.7. The van der Waals surface area contributed by atoms with Crippen molar-refractivity contribution in [3.05, 3.63) is 137 Å². The zero-order valence-corrected chi connectivity index (χ0v) is 20.0. The lowest BCUT2D eigenvalue weighted by Gasteiger charge is -2.30. The molecule has 4 aromatic rings. The van der Waals surface area contributed by atoms with E-state index in [4.69, 9.17) is 4.74 Å². The SMILES string of the molecule is O=C1CC(c2ccccc2)CC2=C1C(c1ccc(OCc3ccccc3)cc1)Nc1ccccc1N2. The normalized spacial score (nSPS) is 18.8. The molecule has 2 atom stereocenters. The molecule has 2 N–H and O–H groups in total. The number of hydrogen-bond donors (Lipinski definition) is 2. The number of ether oxygens (including phenoxy) is 1. The molecule has 0 fully saturated rings. The van der Waals surface area contributed by atoms with E-state index < -0.39 is 0 Å². The molecule has 2 aliphatic rings. The zero-order valence-electron chi connectivity index (χ0n) is 20.0. The van der Waals surface area contributed by atoms with Crippen LogP contribution >= 0.6 is 0 Å². The molecular formula is C32H28N2O2. The molecule has 4 heteroatoms. The average molecular weight is 473 g/mol. The van der Waals surface area contributed by atoms with Gasteiger partial charge >= 0.3 is 0 Å². The molecule has 1 aliphatic carbocycles. The highest BCUT2D eigenvalue weighted by Gasteiger charge is 2.36. The number of rotatable bonds is 5. The predicted octanol–water partition coefficient (Wildman–Crippen LogP) is 7.25. The molecule has 1 heterocycles. The van der Waals surface area contributed by atoms with Crippen LogP contribution in [0.4, 0.5) is 11.4 Å². The van der Waals surface area contributed by atoms with Crippen molar-refractivity contribution in [3.8, 4) is 5.75 Å². The molecule has 0 aromatic heterocycles. The van der Waals surface area contributed by atoms with E-state index in [0.29, 0.717) is 13.0 Å². The summed E-state index contributed by atoms with van der Waals surface area (Å²) in [6.45, 7) is 0.522. The molecule has 0 spiro atoms. The fourth-order valence-corrected chi connectivity index (χ4v) is 5.20. The van der Waals surface area contributed by atoms with E-state index in [0.717, 1.165) is 45.9 Å². The van der Waals surface area contributed by atoms with Crippen LogP contribution in [0.3, 0.4) is 0 Å². The second-order valence-electron chi connectivity index (χ2n) is 9.42. The van der Waals surface area contributed by atoms with Crippen LogP contribution in [0.1, 0.15) is 41.5 Å². The summed E-state index contributed by atoms with van der Waals surface area (Å²) in [6, 6.07) is 36.5. The van der Waals surface area contributed by atoms with E-state index in [-0.39, 0.29) is 17.7 Å². The van der Waals surface area contributed by atoms with Crippen molar-refractivity contribution < 1.29 is 9.53 Å². The molecule has 6 rings (SSSR count). The van der Waals surface area contributed by atoms with Gasteiger partial charge in [0.2, 0.25) is 0 Å². The minimum atomic E-state index is -0.233. The molecule has 4 aromatic carbocycles. The third-order valence-corrected chi connectivity index (χ3v) is 7.04. The number of benzene rings is 4. The first-order valence-electron chi connectivity index (χ1n) is 12.4. The molecule has 0 bridgehead atoms. The van der Waals surface area contributed by atoms with Crippen molar-refractivity contribution in [3.63, 3.8) is 0 Å². The minimum absolute atomic E-state index is 0.171. The Balaban J connectivity index is 1.32. The number of nitrogens with one attached hydrogen (secondary N) is 2. The maximum atomic E-state index is 13.7. The molecule has 0 amide bonds. The maximum absolute atomic E-state index is 13.7. The summed E-state index contributed by atoms with van der Waals surface area (Å²) in [6.07, 6.45) is 1.31. The summed E-state index contributed by atoms with van der Waals surface area (Å²) in [5.41, 5.74) is 7.21. The average Bonchev–Trinajstić information content (AvgIpc) is 3.10. The van der Waals surface area contributed by atoms with E-state index in [1.54, 1.807) is 0 Å². The van der Waals surface area contributed by atoms with E-state index in [1.165, 1.54) is 5.56 Å². The Labute approximate surface area is 211 Å². The van der Waals surface area contributed by atoms with Gasteiger partial charge in [-0.3, -0.25) is 4.79 Å². The second-order valence-corrected chi connectivity index (χ2v) is 9.42. The molecule has 0 radical (unpaired) electrons. The van der Waals surface area contributed by atoms with Gasteiger partial charge in [-0.05, 0) is 53.3 Å². The lowest BCUT2D eigenvalue weighted by molar-refractivity contribution is -0.116. The number of fused-ring (bicyclic) bond motifs is 1. The van der Waals surface area contributed by atoms with Crippen LogP contribution in [0.5, 0.6) is 5.75 Å². The smallest absolute Gasteiger partial charge is 0.163 e. The fourth-order valence-electron chi connectivity index (χ4n) is 5.20. The van der Waals surface area contributed by atoms with Crippen molar-refractivity contribution in [2.75, 3.05) is 10.6 Å². The number of anilines is 2. The number of Topliss-reactive ketones (excluding diaryl/α,β-unsaturated/α-hetero) is 1. The van der Waals surface area contributed by atoms with E-state index in [1.807, 2.05) is 60.7 Å². The van der Waals surface area contributed by atoms with Crippen molar-refractivity contribution in [2.45, 2.75) is 31.4 Å². The lowest BCUT2D eigenvalue weighted by Crippen LogP contribution is -2.26. The van der Waals surface area contributed by atoms with Gasteiger partial charge < -0.3 is 15.4 Å². The predicted molar refractivity (Wildman–Crippen MR) is 144 cm³/mol. The van der Waals surface area contributed by atoms with Crippen molar-refractivity contribution in [2.24, 2.45) is 0 Å². The summed E-state index contributed by atoms with van der Waals surface area (Å²) < 4.78 is 5.99.